The lowest BCUT2D eigenvalue weighted by molar-refractivity contribution is -0.286. The smallest absolute Gasteiger partial charge is 0.395 e. The van der Waals surface area contributed by atoms with E-state index in [1.165, 1.54) is 12.1 Å². The van der Waals surface area contributed by atoms with E-state index in [2.05, 4.69) is 24.8 Å². The minimum Gasteiger partial charge on any atom is -0.395 e. The molecule has 0 spiro atoms. The van der Waals surface area contributed by atoms with Gasteiger partial charge in [0.15, 0.2) is 11.5 Å². The number of rotatable bonds is 3. The third-order valence-corrected chi connectivity index (χ3v) is 4.15. The Kier molecular flexibility index (Phi) is 3.12. The molecule has 1 fully saturated rings. The van der Waals surface area contributed by atoms with Crippen molar-refractivity contribution in [2.24, 2.45) is 0 Å². The third-order valence-electron chi connectivity index (χ3n) is 4.15. The Balaban J connectivity index is 1.59. The van der Waals surface area contributed by atoms with Crippen molar-refractivity contribution in [2.75, 3.05) is 0 Å². The van der Waals surface area contributed by atoms with Gasteiger partial charge in [-0.25, -0.2) is 4.98 Å². The molecule has 0 bridgehead atoms. The number of carbonyl (C=O) groups is 1. The summed E-state index contributed by atoms with van der Waals surface area (Å²) in [6, 6.07) is 5.53. The van der Waals surface area contributed by atoms with Crippen LogP contribution in [0.3, 0.4) is 0 Å². The molecule has 0 atom stereocenters. The van der Waals surface area contributed by atoms with E-state index in [0.29, 0.717) is 24.2 Å². The number of ether oxygens (including phenoxy) is 2. The van der Waals surface area contributed by atoms with Gasteiger partial charge in [-0.05, 0) is 37.5 Å². The number of aromatic nitrogens is 2. The number of carbonyl (C=O) groups excluding carboxylic acids is 1. The Labute approximate surface area is 140 Å². The molecule has 7 nitrogen and oxygen atoms in total. The SMILES string of the molecule is Cc1nc(C(=O)NC2(c3ccc4c(c3)OC(F)(F)O4)CC2)cc(=O)[nH]1. The lowest BCUT2D eigenvalue weighted by atomic mass is 10.0. The molecule has 130 valence electrons. The molecule has 1 aliphatic heterocycles. The Morgan fingerprint density at radius 1 is 1.24 bits per heavy atom. The van der Waals surface area contributed by atoms with Gasteiger partial charge < -0.3 is 19.8 Å². The second kappa shape index (κ2) is 5.01. The first-order valence-corrected chi connectivity index (χ1v) is 7.57. The molecule has 0 unspecified atom stereocenters. The third kappa shape index (κ3) is 2.81. The van der Waals surface area contributed by atoms with E-state index in [9.17, 15) is 18.4 Å². The van der Waals surface area contributed by atoms with Gasteiger partial charge in [0.2, 0.25) is 0 Å². The topological polar surface area (TPSA) is 93.3 Å². The highest BCUT2D eigenvalue weighted by molar-refractivity contribution is 5.93. The van der Waals surface area contributed by atoms with Gasteiger partial charge in [0.05, 0.1) is 5.54 Å². The van der Waals surface area contributed by atoms with Gasteiger partial charge in [0, 0.05) is 6.07 Å². The zero-order valence-electron chi connectivity index (χ0n) is 13.1. The normalized spacial score (nSPS) is 18.7. The molecule has 2 heterocycles. The summed E-state index contributed by atoms with van der Waals surface area (Å²) in [5.41, 5.74) is -0.485. The fraction of sp³-hybridized carbons (Fsp3) is 0.312. The molecular formula is C16H13F2N3O4. The number of H-pyrrole nitrogens is 1. The summed E-state index contributed by atoms with van der Waals surface area (Å²) in [5.74, 6) is -0.307. The molecular weight excluding hydrogens is 336 g/mol. The Hall–Kier alpha value is -2.97. The summed E-state index contributed by atoms with van der Waals surface area (Å²) in [6.45, 7) is 1.57. The average Bonchev–Trinajstić information content (AvgIpc) is 3.21. The fourth-order valence-electron chi connectivity index (χ4n) is 2.83. The molecule has 1 aromatic heterocycles. The molecule has 25 heavy (non-hydrogen) atoms. The number of hydrogen-bond acceptors (Lipinski definition) is 5. The van der Waals surface area contributed by atoms with Crippen molar-refractivity contribution in [2.45, 2.75) is 31.6 Å². The quantitative estimate of drug-likeness (QED) is 0.882. The van der Waals surface area contributed by atoms with Crippen LogP contribution in [0.2, 0.25) is 0 Å². The summed E-state index contributed by atoms with van der Waals surface area (Å²) in [5, 5.41) is 2.83. The maximum Gasteiger partial charge on any atom is 0.586 e. The van der Waals surface area contributed by atoms with Gasteiger partial charge in [-0.1, -0.05) is 6.07 Å². The zero-order valence-corrected chi connectivity index (χ0v) is 13.1. The number of aryl methyl sites for hydroxylation is 1. The summed E-state index contributed by atoms with van der Waals surface area (Å²) in [7, 11) is 0. The lowest BCUT2D eigenvalue weighted by Crippen LogP contribution is -2.36. The van der Waals surface area contributed by atoms with Gasteiger partial charge in [0.25, 0.3) is 11.5 Å². The predicted octanol–water partition coefficient (Wildman–Crippen LogP) is 1.82. The van der Waals surface area contributed by atoms with Crippen LogP contribution in [-0.2, 0) is 5.54 Å². The molecule has 2 N–H and O–H groups in total. The first kappa shape index (κ1) is 15.6. The van der Waals surface area contributed by atoms with Crippen LogP contribution in [0.1, 0.15) is 34.7 Å². The van der Waals surface area contributed by atoms with E-state index in [0.717, 1.165) is 6.07 Å². The van der Waals surface area contributed by atoms with E-state index in [1.54, 1.807) is 13.0 Å². The standard InChI is InChI=1S/C16H13F2N3O4/c1-8-19-10(7-13(22)20-8)14(23)21-15(4-5-15)9-2-3-11-12(6-9)25-16(17,18)24-11/h2-3,6-7H,4-5H2,1H3,(H,21,23)(H,19,20,22). The minimum absolute atomic E-state index is 0.000184. The van der Waals surface area contributed by atoms with Crippen LogP contribution in [0.5, 0.6) is 11.5 Å². The van der Waals surface area contributed by atoms with Crippen LogP contribution in [0.15, 0.2) is 29.1 Å². The Morgan fingerprint density at radius 3 is 2.64 bits per heavy atom. The number of halogens is 2. The van der Waals surface area contributed by atoms with Crippen LogP contribution >= 0.6 is 0 Å². The van der Waals surface area contributed by atoms with Crippen molar-refractivity contribution in [1.29, 1.82) is 0 Å². The summed E-state index contributed by atoms with van der Waals surface area (Å²) >= 11 is 0. The summed E-state index contributed by atoms with van der Waals surface area (Å²) < 4.78 is 35.1. The largest absolute Gasteiger partial charge is 0.586 e. The van der Waals surface area contributed by atoms with Crippen LogP contribution in [0, 0.1) is 6.92 Å². The highest BCUT2D eigenvalue weighted by Gasteiger charge is 2.48. The second-order valence-electron chi connectivity index (χ2n) is 6.08. The van der Waals surface area contributed by atoms with E-state index < -0.39 is 23.3 Å². The number of alkyl halides is 2. The predicted molar refractivity (Wildman–Crippen MR) is 80.6 cm³/mol. The number of amides is 1. The van der Waals surface area contributed by atoms with Crippen molar-refractivity contribution in [3.63, 3.8) is 0 Å². The Morgan fingerprint density at radius 2 is 1.96 bits per heavy atom. The molecule has 1 aliphatic carbocycles. The van der Waals surface area contributed by atoms with Crippen LogP contribution in [-0.4, -0.2) is 22.2 Å². The number of hydrogen-bond donors (Lipinski definition) is 2. The van der Waals surface area contributed by atoms with Crippen molar-refractivity contribution in [3.05, 3.63) is 51.7 Å². The molecule has 0 saturated heterocycles. The minimum atomic E-state index is -3.69. The molecule has 2 aliphatic rings. The van der Waals surface area contributed by atoms with Crippen LogP contribution < -0.4 is 20.3 Å². The number of aromatic amines is 1. The maximum absolute atomic E-state index is 13.1. The number of nitrogens with zero attached hydrogens (tertiary/aromatic N) is 1. The number of benzene rings is 1. The molecule has 4 rings (SSSR count). The Bertz CT molecular complexity index is 937. The molecule has 1 saturated carbocycles. The number of nitrogens with one attached hydrogen (secondary N) is 2. The lowest BCUT2D eigenvalue weighted by Gasteiger charge is -2.18. The first-order chi connectivity index (χ1) is 11.8. The van der Waals surface area contributed by atoms with Gasteiger partial charge in [0.1, 0.15) is 11.5 Å². The fourth-order valence-corrected chi connectivity index (χ4v) is 2.83. The van der Waals surface area contributed by atoms with E-state index >= 15 is 0 Å². The monoisotopic (exact) mass is 349 g/mol. The summed E-state index contributed by atoms with van der Waals surface area (Å²) in [4.78, 5) is 30.4. The van der Waals surface area contributed by atoms with Gasteiger partial charge >= 0.3 is 6.29 Å². The summed E-state index contributed by atoms with van der Waals surface area (Å²) in [6.07, 6.45) is -2.42. The number of fused-ring (bicyclic) bond motifs is 1. The van der Waals surface area contributed by atoms with Gasteiger partial charge in [-0.3, -0.25) is 9.59 Å². The molecule has 1 amide bonds. The highest BCUT2D eigenvalue weighted by Crippen LogP contribution is 2.49. The second-order valence-corrected chi connectivity index (χ2v) is 6.08. The molecule has 0 radical (unpaired) electrons. The molecule has 9 heteroatoms. The van der Waals surface area contributed by atoms with Gasteiger partial charge in [-0.2, -0.15) is 0 Å². The first-order valence-electron chi connectivity index (χ1n) is 7.57. The van der Waals surface area contributed by atoms with Crippen molar-refractivity contribution in [1.82, 2.24) is 15.3 Å². The maximum atomic E-state index is 13.1. The molecule has 1 aromatic carbocycles. The van der Waals surface area contributed by atoms with Crippen molar-refractivity contribution < 1.29 is 23.0 Å². The van der Waals surface area contributed by atoms with Crippen LogP contribution in [0.4, 0.5) is 8.78 Å². The van der Waals surface area contributed by atoms with Gasteiger partial charge in [-0.15, -0.1) is 8.78 Å². The van der Waals surface area contributed by atoms with E-state index in [4.69, 9.17) is 0 Å². The molecule has 2 aromatic rings. The van der Waals surface area contributed by atoms with Crippen molar-refractivity contribution in [3.8, 4) is 11.5 Å². The van der Waals surface area contributed by atoms with E-state index in [1.807, 2.05) is 0 Å². The van der Waals surface area contributed by atoms with Crippen molar-refractivity contribution >= 4 is 5.91 Å². The van der Waals surface area contributed by atoms with Crippen LogP contribution in [0.25, 0.3) is 0 Å². The zero-order chi connectivity index (χ0) is 17.8. The highest BCUT2D eigenvalue weighted by atomic mass is 19.3. The average molecular weight is 349 g/mol. The van der Waals surface area contributed by atoms with E-state index in [-0.39, 0.29) is 17.2 Å².